The van der Waals surface area contributed by atoms with Crippen LogP contribution < -0.4 is 10.5 Å². The van der Waals surface area contributed by atoms with Gasteiger partial charge in [0.2, 0.25) is 0 Å². The van der Waals surface area contributed by atoms with E-state index >= 15 is 0 Å². The molecule has 0 spiro atoms. The van der Waals surface area contributed by atoms with Crippen molar-refractivity contribution in [1.82, 2.24) is 0 Å². The molecule has 0 radical (unpaired) electrons. The van der Waals surface area contributed by atoms with Crippen molar-refractivity contribution in [2.24, 2.45) is 0 Å². The monoisotopic (exact) mass is 227 g/mol. The second-order valence-electron chi connectivity index (χ2n) is 3.14. The lowest BCUT2D eigenvalue weighted by atomic mass is 10.3. The van der Waals surface area contributed by atoms with Gasteiger partial charge in [0.15, 0.2) is 0 Å². The summed E-state index contributed by atoms with van der Waals surface area (Å²) in [6.45, 7) is 0.798. The maximum Gasteiger partial charge on any atom is 0.122 e. The van der Waals surface area contributed by atoms with Crippen molar-refractivity contribution >= 4 is 17.4 Å². The van der Waals surface area contributed by atoms with E-state index in [0.717, 1.165) is 35.1 Å². The van der Waals surface area contributed by atoms with Crippen molar-refractivity contribution in [2.75, 3.05) is 32.3 Å². The Labute approximate surface area is 94.9 Å². The highest BCUT2D eigenvalue weighted by Crippen LogP contribution is 2.26. The van der Waals surface area contributed by atoms with Gasteiger partial charge in [0.05, 0.1) is 7.11 Å². The molecule has 3 nitrogen and oxygen atoms in total. The van der Waals surface area contributed by atoms with Gasteiger partial charge in [0.25, 0.3) is 0 Å². The Morgan fingerprint density at radius 1 is 1.27 bits per heavy atom. The number of anilines is 1. The summed E-state index contributed by atoms with van der Waals surface area (Å²) in [6, 6.07) is 5.77. The van der Waals surface area contributed by atoms with E-state index in [4.69, 9.17) is 15.2 Å². The van der Waals surface area contributed by atoms with Crippen LogP contribution in [0.25, 0.3) is 0 Å². The van der Waals surface area contributed by atoms with Gasteiger partial charge in [-0.05, 0) is 18.6 Å². The van der Waals surface area contributed by atoms with Crippen molar-refractivity contribution in [2.45, 2.75) is 11.3 Å². The molecule has 0 atom stereocenters. The zero-order valence-electron chi connectivity index (χ0n) is 9.16. The Kier molecular flexibility index (Phi) is 5.36. The number of hydrogen-bond donors (Lipinski definition) is 1. The number of nitrogen functional groups attached to an aromatic ring is 1. The Balaban J connectivity index is 2.49. The molecule has 0 aliphatic carbocycles. The molecule has 0 amide bonds. The first-order valence-corrected chi connectivity index (χ1v) is 5.81. The van der Waals surface area contributed by atoms with Gasteiger partial charge in [0.1, 0.15) is 5.75 Å². The van der Waals surface area contributed by atoms with Crippen LogP contribution in [0.4, 0.5) is 5.69 Å². The van der Waals surface area contributed by atoms with Crippen LogP contribution in [0.3, 0.4) is 0 Å². The number of ether oxygens (including phenoxy) is 2. The van der Waals surface area contributed by atoms with E-state index in [9.17, 15) is 0 Å². The van der Waals surface area contributed by atoms with Gasteiger partial charge >= 0.3 is 0 Å². The minimum atomic E-state index is 0.739. The van der Waals surface area contributed by atoms with E-state index in [0.29, 0.717) is 0 Å². The zero-order chi connectivity index (χ0) is 11.1. The Morgan fingerprint density at radius 2 is 2.07 bits per heavy atom. The van der Waals surface area contributed by atoms with Crippen LogP contribution in [0, 0.1) is 0 Å². The average molecular weight is 227 g/mol. The highest BCUT2D eigenvalue weighted by Gasteiger charge is 1.99. The van der Waals surface area contributed by atoms with Gasteiger partial charge in [-0.15, -0.1) is 11.8 Å². The average Bonchev–Trinajstić information content (AvgIpc) is 2.23. The molecule has 0 fully saturated rings. The molecule has 2 N–H and O–H groups in total. The van der Waals surface area contributed by atoms with Crippen LogP contribution in [0.5, 0.6) is 5.75 Å². The number of benzene rings is 1. The van der Waals surface area contributed by atoms with Gasteiger partial charge in [-0.25, -0.2) is 0 Å². The molecular formula is C11H17NO2S. The molecular weight excluding hydrogens is 210 g/mol. The lowest BCUT2D eigenvalue weighted by Crippen LogP contribution is -1.92. The largest absolute Gasteiger partial charge is 0.497 e. The fourth-order valence-corrected chi connectivity index (χ4v) is 2.11. The van der Waals surface area contributed by atoms with E-state index in [-0.39, 0.29) is 0 Å². The first-order valence-electron chi connectivity index (χ1n) is 4.82. The summed E-state index contributed by atoms with van der Waals surface area (Å²) in [5.74, 6) is 1.84. The van der Waals surface area contributed by atoms with Crippen LogP contribution in [0.15, 0.2) is 23.1 Å². The number of nitrogens with two attached hydrogens (primary N) is 1. The SMILES string of the molecule is COCCCSc1cc(N)cc(OC)c1. The van der Waals surface area contributed by atoms with Crippen LogP contribution in [0.1, 0.15) is 6.42 Å². The Hall–Kier alpha value is -0.870. The first kappa shape index (κ1) is 12.2. The van der Waals surface area contributed by atoms with E-state index in [1.165, 1.54) is 0 Å². The van der Waals surface area contributed by atoms with Crippen LogP contribution in [0.2, 0.25) is 0 Å². The maximum absolute atomic E-state index is 5.75. The minimum absolute atomic E-state index is 0.739. The summed E-state index contributed by atoms with van der Waals surface area (Å²) in [4.78, 5) is 1.14. The fraction of sp³-hybridized carbons (Fsp3) is 0.455. The summed E-state index contributed by atoms with van der Waals surface area (Å²) in [7, 11) is 3.36. The fourth-order valence-electron chi connectivity index (χ4n) is 1.19. The molecule has 0 saturated heterocycles. The van der Waals surface area contributed by atoms with Gasteiger partial charge in [0, 0.05) is 36.1 Å². The Morgan fingerprint density at radius 3 is 2.73 bits per heavy atom. The molecule has 1 aromatic carbocycles. The first-order chi connectivity index (χ1) is 7.26. The molecule has 84 valence electrons. The van der Waals surface area contributed by atoms with Gasteiger partial charge in [-0.2, -0.15) is 0 Å². The van der Waals surface area contributed by atoms with Gasteiger partial charge in [-0.1, -0.05) is 0 Å². The molecule has 0 heterocycles. The van der Waals surface area contributed by atoms with E-state index in [2.05, 4.69) is 0 Å². The smallest absolute Gasteiger partial charge is 0.122 e. The van der Waals surface area contributed by atoms with Crippen LogP contribution in [-0.4, -0.2) is 26.6 Å². The van der Waals surface area contributed by atoms with E-state index < -0.39 is 0 Å². The van der Waals surface area contributed by atoms with Gasteiger partial charge in [-0.3, -0.25) is 0 Å². The van der Waals surface area contributed by atoms with Crippen molar-refractivity contribution < 1.29 is 9.47 Å². The van der Waals surface area contributed by atoms with E-state index in [1.54, 1.807) is 26.0 Å². The van der Waals surface area contributed by atoms with Crippen LogP contribution in [-0.2, 0) is 4.74 Å². The number of methoxy groups -OCH3 is 2. The quantitative estimate of drug-likeness (QED) is 0.460. The predicted octanol–water partition coefficient (Wildman–Crippen LogP) is 2.41. The third kappa shape index (κ3) is 4.44. The van der Waals surface area contributed by atoms with Gasteiger partial charge < -0.3 is 15.2 Å². The summed E-state index contributed by atoms with van der Waals surface area (Å²) in [5.41, 5.74) is 6.49. The summed E-state index contributed by atoms with van der Waals surface area (Å²) < 4.78 is 10.1. The Bertz CT molecular complexity index is 305. The van der Waals surface area contributed by atoms with Crippen molar-refractivity contribution in [1.29, 1.82) is 0 Å². The third-order valence-corrected chi connectivity index (χ3v) is 2.96. The molecule has 0 aromatic heterocycles. The normalized spacial score (nSPS) is 10.3. The van der Waals surface area contributed by atoms with Crippen LogP contribution >= 0.6 is 11.8 Å². The minimum Gasteiger partial charge on any atom is -0.497 e. The maximum atomic E-state index is 5.75. The summed E-state index contributed by atoms with van der Waals surface area (Å²) in [6.07, 6.45) is 1.04. The standard InChI is InChI=1S/C11H17NO2S/c1-13-4-3-5-15-11-7-9(12)6-10(8-11)14-2/h6-8H,3-5,12H2,1-2H3. The molecule has 0 aliphatic heterocycles. The van der Waals surface area contributed by atoms with Crippen molar-refractivity contribution in [3.8, 4) is 5.75 Å². The molecule has 1 rings (SSSR count). The topological polar surface area (TPSA) is 44.5 Å². The molecule has 0 saturated carbocycles. The second kappa shape index (κ2) is 6.58. The lowest BCUT2D eigenvalue weighted by Gasteiger charge is -2.06. The number of rotatable bonds is 6. The van der Waals surface area contributed by atoms with E-state index in [1.807, 2.05) is 18.2 Å². The van der Waals surface area contributed by atoms with Crippen molar-refractivity contribution in [3.63, 3.8) is 0 Å². The molecule has 1 aromatic rings. The molecule has 0 unspecified atom stereocenters. The number of hydrogen-bond acceptors (Lipinski definition) is 4. The summed E-state index contributed by atoms with van der Waals surface area (Å²) in [5, 5.41) is 0. The molecule has 4 heteroatoms. The molecule has 0 aliphatic rings. The second-order valence-corrected chi connectivity index (χ2v) is 4.31. The zero-order valence-corrected chi connectivity index (χ0v) is 9.97. The lowest BCUT2D eigenvalue weighted by molar-refractivity contribution is 0.200. The highest BCUT2D eigenvalue weighted by molar-refractivity contribution is 7.99. The molecule has 15 heavy (non-hydrogen) atoms. The number of thioether (sulfide) groups is 1. The van der Waals surface area contributed by atoms with Crippen molar-refractivity contribution in [3.05, 3.63) is 18.2 Å². The predicted molar refractivity (Wildman–Crippen MR) is 64.6 cm³/mol. The molecule has 0 bridgehead atoms. The highest BCUT2D eigenvalue weighted by atomic mass is 32.2. The summed E-state index contributed by atoms with van der Waals surface area (Å²) >= 11 is 1.76. The third-order valence-electron chi connectivity index (χ3n) is 1.90.